The number of aliphatic hydroxyl groups excluding tert-OH is 1. The normalized spacial score (nSPS) is 12.3. The highest BCUT2D eigenvalue weighted by molar-refractivity contribution is 5.95. The number of carbonyl (C=O) groups is 1. The van der Waals surface area contributed by atoms with E-state index in [2.05, 4.69) is 0 Å². The maximum Gasteiger partial charge on any atom is 0.256 e. The number of nitrogen functional groups attached to an aromatic ring is 1. The summed E-state index contributed by atoms with van der Waals surface area (Å²) in [5.41, 5.74) is 4.64. The number of benzene rings is 1. The highest BCUT2D eigenvalue weighted by Crippen LogP contribution is 2.18. The number of nitrogens with two attached hydrogens (primary N) is 1. The van der Waals surface area contributed by atoms with Gasteiger partial charge in [-0.25, -0.2) is 8.78 Å². The van der Waals surface area contributed by atoms with Gasteiger partial charge in [0.05, 0.1) is 24.0 Å². The Morgan fingerprint density at radius 3 is 2.68 bits per heavy atom. The number of likely N-dealkylation sites (N-methyl/N-ethyl adjacent to an activating group) is 1. The minimum Gasteiger partial charge on any atom is -0.396 e. The first kappa shape index (κ1) is 15.3. The molecule has 0 saturated heterocycles. The fourth-order valence-corrected chi connectivity index (χ4v) is 1.58. The van der Waals surface area contributed by atoms with E-state index in [0.717, 1.165) is 11.0 Å². The van der Waals surface area contributed by atoms with Gasteiger partial charge >= 0.3 is 0 Å². The van der Waals surface area contributed by atoms with Crippen LogP contribution in [0.15, 0.2) is 12.1 Å². The minimum absolute atomic E-state index is 0.0383. The van der Waals surface area contributed by atoms with E-state index in [1.54, 1.807) is 0 Å². The van der Waals surface area contributed by atoms with Crippen LogP contribution in [-0.4, -0.2) is 49.3 Å². The van der Waals surface area contributed by atoms with Crippen LogP contribution in [0.5, 0.6) is 0 Å². The second-order valence-electron chi connectivity index (χ2n) is 4.15. The Balaban J connectivity index is 2.85. The molecule has 1 atom stereocenters. The first-order valence-corrected chi connectivity index (χ1v) is 5.53. The van der Waals surface area contributed by atoms with Crippen molar-refractivity contribution in [2.24, 2.45) is 0 Å². The molecule has 0 heterocycles. The molecule has 3 N–H and O–H groups in total. The van der Waals surface area contributed by atoms with Crippen LogP contribution in [0.2, 0.25) is 0 Å². The number of nitrogens with zero attached hydrogens (tertiary/aromatic N) is 1. The fourth-order valence-electron chi connectivity index (χ4n) is 1.58. The zero-order valence-corrected chi connectivity index (χ0v) is 10.7. The minimum atomic E-state index is -0.996. The Kier molecular flexibility index (Phi) is 5.20. The second-order valence-corrected chi connectivity index (χ2v) is 4.15. The zero-order valence-electron chi connectivity index (χ0n) is 10.7. The summed E-state index contributed by atoms with van der Waals surface area (Å²) in [6, 6.07) is 1.49. The van der Waals surface area contributed by atoms with Crippen molar-refractivity contribution in [3.8, 4) is 0 Å². The lowest BCUT2D eigenvalue weighted by molar-refractivity contribution is 0.0378. The van der Waals surface area contributed by atoms with Crippen LogP contribution in [0, 0.1) is 11.6 Å². The van der Waals surface area contributed by atoms with Gasteiger partial charge < -0.3 is 20.5 Å². The van der Waals surface area contributed by atoms with E-state index >= 15 is 0 Å². The molecule has 5 nitrogen and oxygen atoms in total. The third-order valence-corrected chi connectivity index (χ3v) is 2.51. The van der Waals surface area contributed by atoms with Crippen molar-refractivity contribution in [1.82, 2.24) is 4.90 Å². The summed E-state index contributed by atoms with van der Waals surface area (Å²) in [5, 5.41) is 9.49. The quantitative estimate of drug-likeness (QED) is 0.772. The average molecular weight is 274 g/mol. The Labute approximate surface area is 109 Å². The number of rotatable bonds is 5. The molecule has 0 spiro atoms. The molecule has 1 amide bonds. The standard InChI is InChI=1S/C12H16F2N2O3/c1-16(5-7(17)6-19-2)12(18)8-3-11(15)10(14)4-9(8)13/h3-4,7,17H,5-6,15H2,1-2H3. The van der Waals surface area contributed by atoms with Gasteiger partial charge in [-0.15, -0.1) is 0 Å². The number of anilines is 1. The molecule has 1 aromatic rings. The maximum atomic E-state index is 13.5. The molecule has 0 fully saturated rings. The molecule has 0 bridgehead atoms. The molecule has 0 radical (unpaired) electrons. The van der Waals surface area contributed by atoms with E-state index in [4.69, 9.17) is 10.5 Å². The number of hydrogen-bond donors (Lipinski definition) is 2. The Hall–Kier alpha value is -1.73. The molecule has 1 rings (SSSR count). The molecule has 7 heteroatoms. The molecule has 0 aliphatic heterocycles. The van der Waals surface area contributed by atoms with Crippen molar-refractivity contribution >= 4 is 11.6 Å². The highest BCUT2D eigenvalue weighted by Gasteiger charge is 2.20. The van der Waals surface area contributed by atoms with E-state index in [1.165, 1.54) is 14.2 Å². The number of hydrogen-bond acceptors (Lipinski definition) is 4. The van der Waals surface area contributed by atoms with Crippen molar-refractivity contribution in [1.29, 1.82) is 0 Å². The van der Waals surface area contributed by atoms with Gasteiger partial charge in [-0.05, 0) is 6.07 Å². The van der Waals surface area contributed by atoms with Crippen LogP contribution >= 0.6 is 0 Å². The summed E-state index contributed by atoms with van der Waals surface area (Å²) < 4.78 is 31.2. The Morgan fingerprint density at radius 1 is 1.47 bits per heavy atom. The maximum absolute atomic E-state index is 13.5. The van der Waals surface area contributed by atoms with E-state index in [9.17, 15) is 18.7 Å². The topological polar surface area (TPSA) is 75.8 Å². The van der Waals surface area contributed by atoms with Gasteiger partial charge in [0.25, 0.3) is 5.91 Å². The van der Waals surface area contributed by atoms with E-state index < -0.39 is 23.6 Å². The highest BCUT2D eigenvalue weighted by atomic mass is 19.1. The average Bonchev–Trinajstić information content (AvgIpc) is 2.33. The van der Waals surface area contributed by atoms with Crippen LogP contribution in [0.3, 0.4) is 0 Å². The monoisotopic (exact) mass is 274 g/mol. The summed E-state index contributed by atoms with van der Waals surface area (Å²) in [4.78, 5) is 13.0. The summed E-state index contributed by atoms with van der Waals surface area (Å²) in [6.45, 7) is 0.00898. The lowest BCUT2D eigenvalue weighted by atomic mass is 10.1. The fraction of sp³-hybridized carbons (Fsp3) is 0.417. The van der Waals surface area contributed by atoms with Crippen LogP contribution in [-0.2, 0) is 4.74 Å². The summed E-state index contributed by atoms with van der Waals surface area (Å²) in [7, 11) is 2.80. The summed E-state index contributed by atoms with van der Waals surface area (Å²) in [6.07, 6.45) is -0.889. The zero-order chi connectivity index (χ0) is 14.6. The van der Waals surface area contributed by atoms with Crippen molar-refractivity contribution in [3.63, 3.8) is 0 Å². The number of ether oxygens (including phenoxy) is 1. The van der Waals surface area contributed by atoms with Gasteiger partial charge in [-0.1, -0.05) is 0 Å². The SMILES string of the molecule is COCC(O)CN(C)C(=O)c1cc(N)c(F)cc1F. The van der Waals surface area contributed by atoms with E-state index in [0.29, 0.717) is 6.07 Å². The summed E-state index contributed by atoms with van der Waals surface area (Å²) >= 11 is 0. The molecule has 0 aromatic heterocycles. The van der Waals surface area contributed by atoms with Gasteiger partial charge in [0, 0.05) is 26.8 Å². The van der Waals surface area contributed by atoms with Gasteiger partial charge in [0.2, 0.25) is 0 Å². The van der Waals surface area contributed by atoms with Crippen molar-refractivity contribution in [2.75, 3.05) is 33.0 Å². The lowest BCUT2D eigenvalue weighted by Crippen LogP contribution is -2.36. The van der Waals surface area contributed by atoms with Crippen LogP contribution < -0.4 is 5.73 Å². The molecule has 1 aromatic carbocycles. The number of methoxy groups -OCH3 is 1. The second kappa shape index (κ2) is 6.44. The smallest absolute Gasteiger partial charge is 0.256 e. The largest absolute Gasteiger partial charge is 0.396 e. The predicted molar refractivity (Wildman–Crippen MR) is 65.6 cm³/mol. The third-order valence-electron chi connectivity index (χ3n) is 2.51. The number of halogens is 2. The van der Waals surface area contributed by atoms with Crippen molar-refractivity contribution < 1.29 is 23.4 Å². The van der Waals surface area contributed by atoms with Crippen molar-refractivity contribution in [3.05, 3.63) is 29.3 Å². The Morgan fingerprint density at radius 2 is 2.11 bits per heavy atom. The molecular formula is C12H16F2N2O3. The number of aliphatic hydroxyl groups is 1. The van der Waals surface area contributed by atoms with Crippen LogP contribution in [0.25, 0.3) is 0 Å². The van der Waals surface area contributed by atoms with E-state index in [-0.39, 0.29) is 24.4 Å². The molecule has 0 aliphatic carbocycles. The first-order chi connectivity index (χ1) is 8.86. The van der Waals surface area contributed by atoms with Crippen molar-refractivity contribution in [2.45, 2.75) is 6.10 Å². The predicted octanol–water partition coefficient (Wildman–Crippen LogP) is 0.626. The molecule has 19 heavy (non-hydrogen) atoms. The van der Waals surface area contributed by atoms with Gasteiger partial charge in [-0.3, -0.25) is 4.79 Å². The van der Waals surface area contributed by atoms with Gasteiger partial charge in [-0.2, -0.15) is 0 Å². The summed E-state index contributed by atoms with van der Waals surface area (Å²) in [5.74, 6) is -2.61. The molecule has 0 aliphatic rings. The molecular weight excluding hydrogens is 258 g/mol. The molecule has 0 saturated carbocycles. The Bertz CT molecular complexity index is 469. The van der Waals surface area contributed by atoms with E-state index in [1.807, 2.05) is 0 Å². The van der Waals surface area contributed by atoms with Gasteiger partial charge in [0.1, 0.15) is 11.6 Å². The van der Waals surface area contributed by atoms with Crippen LogP contribution in [0.1, 0.15) is 10.4 Å². The molecule has 106 valence electrons. The lowest BCUT2D eigenvalue weighted by Gasteiger charge is -2.21. The first-order valence-electron chi connectivity index (χ1n) is 5.53. The number of amides is 1. The third kappa shape index (κ3) is 3.87. The van der Waals surface area contributed by atoms with Gasteiger partial charge in [0.15, 0.2) is 0 Å². The number of carbonyl (C=O) groups excluding carboxylic acids is 1. The molecule has 1 unspecified atom stereocenters. The van der Waals surface area contributed by atoms with Crippen LogP contribution in [0.4, 0.5) is 14.5 Å².